The van der Waals surface area contributed by atoms with Crippen LogP contribution in [0, 0.1) is 11.3 Å². The van der Waals surface area contributed by atoms with Gasteiger partial charge in [0.05, 0.1) is 16.5 Å². The summed E-state index contributed by atoms with van der Waals surface area (Å²) in [6, 6.07) is 14.8. The van der Waals surface area contributed by atoms with E-state index in [-0.39, 0.29) is 11.9 Å². The Morgan fingerprint density at radius 3 is 2.53 bits per heavy atom. The number of amides is 1. The van der Waals surface area contributed by atoms with E-state index < -0.39 is 10.0 Å². The zero-order chi connectivity index (χ0) is 22.9. The molecule has 0 N–H and O–H groups in total. The predicted molar refractivity (Wildman–Crippen MR) is 123 cm³/mol. The highest BCUT2D eigenvalue weighted by Gasteiger charge is 2.32. The summed E-state index contributed by atoms with van der Waals surface area (Å²) in [5, 5.41) is 8.95. The van der Waals surface area contributed by atoms with E-state index in [1.807, 2.05) is 31.2 Å². The fourth-order valence-electron chi connectivity index (χ4n) is 4.69. The van der Waals surface area contributed by atoms with Crippen molar-refractivity contribution in [1.82, 2.24) is 9.21 Å². The molecule has 1 unspecified atom stereocenters. The second kappa shape index (κ2) is 9.02. The molecule has 0 bridgehead atoms. The highest BCUT2D eigenvalue weighted by Crippen LogP contribution is 2.34. The van der Waals surface area contributed by atoms with Crippen LogP contribution in [-0.4, -0.2) is 55.8 Å². The Hall–Kier alpha value is -2.73. The molecule has 2 heterocycles. The van der Waals surface area contributed by atoms with Crippen molar-refractivity contribution >= 4 is 21.6 Å². The average Bonchev–Trinajstić information content (AvgIpc) is 2.92. The molecule has 0 radical (unpaired) electrons. The normalized spacial score (nSPS) is 19.9. The standard InChI is InChI=1S/C24H28N4O3S/c1-18-14-22-15-23(8-9-24(22)28(18)19(2)29)32(30,31)27-11-3-10-26(12-13-27)17-21-6-4-20(16-25)5-7-21/h4-9,15,18H,3,10-14,17H2,1-2H3. The van der Waals surface area contributed by atoms with Crippen LogP contribution in [0.5, 0.6) is 0 Å². The maximum absolute atomic E-state index is 13.4. The third kappa shape index (κ3) is 4.42. The lowest BCUT2D eigenvalue weighted by Gasteiger charge is -2.23. The molecule has 0 spiro atoms. The molecule has 7 nitrogen and oxygen atoms in total. The number of hydrogen-bond acceptors (Lipinski definition) is 5. The minimum Gasteiger partial charge on any atom is -0.309 e. The van der Waals surface area contributed by atoms with Crippen LogP contribution in [0.4, 0.5) is 5.69 Å². The van der Waals surface area contributed by atoms with Crippen LogP contribution in [0.3, 0.4) is 0 Å². The van der Waals surface area contributed by atoms with Crippen LogP contribution in [0.15, 0.2) is 47.4 Å². The van der Waals surface area contributed by atoms with Gasteiger partial charge in [-0.1, -0.05) is 12.1 Å². The van der Waals surface area contributed by atoms with Crippen molar-refractivity contribution in [3.63, 3.8) is 0 Å². The topological polar surface area (TPSA) is 84.7 Å². The third-order valence-electron chi connectivity index (χ3n) is 6.28. The van der Waals surface area contributed by atoms with Crippen LogP contribution in [-0.2, 0) is 27.8 Å². The number of rotatable bonds is 4. The minimum atomic E-state index is -3.60. The van der Waals surface area contributed by atoms with Gasteiger partial charge in [0.1, 0.15) is 0 Å². The molecule has 2 aliphatic heterocycles. The number of benzene rings is 2. The first-order chi connectivity index (χ1) is 15.3. The van der Waals surface area contributed by atoms with E-state index in [1.54, 1.807) is 27.4 Å². The summed E-state index contributed by atoms with van der Waals surface area (Å²) in [5.74, 6) is -0.0262. The van der Waals surface area contributed by atoms with Gasteiger partial charge >= 0.3 is 0 Å². The number of fused-ring (bicyclic) bond motifs is 1. The summed E-state index contributed by atoms with van der Waals surface area (Å²) < 4.78 is 28.3. The van der Waals surface area contributed by atoms with Crippen LogP contribution < -0.4 is 4.90 Å². The number of sulfonamides is 1. The summed E-state index contributed by atoms with van der Waals surface area (Å²) >= 11 is 0. The van der Waals surface area contributed by atoms with Crippen molar-refractivity contribution in [2.75, 3.05) is 31.1 Å². The lowest BCUT2D eigenvalue weighted by atomic mass is 10.1. The maximum atomic E-state index is 13.4. The Morgan fingerprint density at radius 1 is 1.09 bits per heavy atom. The molecule has 2 aromatic carbocycles. The van der Waals surface area contributed by atoms with Gasteiger partial charge in [-0.25, -0.2) is 8.42 Å². The molecule has 1 saturated heterocycles. The van der Waals surface area contributed by atoms with Gasteiger partial charge in [-0.3, -0.25) is 9.69 Å². The van der Waals surface area contributed by atoms with E-state index in [9.17, 15) is 13.2 Å². The average molecular weight is 453 g/mol. The van der Waals surface area contributed by atoms with Crippen molar-refractivity contribution in [1.29, 1.82) is 5.26 Å². The summed E-state index contributed by atoms with van der Waals surface area (Å²) in [4.78, 5) is 16.3. The second-order valence-corrected chi connectivity index (χ2v) is 10.5. The summed E-state index contributed by atoms with van der Waals surface area (Å²) in [7, 11) is -3.60. The fourth-order valence-corrected chi connectivity index (χ4v) is 6.21. The van der Waals surface area contributed by atoms with E-state index in [2.05, 4.69) is 11.0 Å². The van der Waals surface area contributed by atoms with Crippen molar-refractivity contribution in [3.8, 4) is 6.07 Å². The largest absolute Gasteiger partial charge is 0.309 e. The van der Waals surface area contributed by atoms with Gasteiger partial charge in [0.15, 0.2) is 0 Å². The Balaban J connectivity index is 1.46. The maximum Gasteiger partial charge on any atom is 0.243 e. The molecule has 8 heteroatoms. The zero-order valence-electron chi connectivity index (χ0n) is 18.5. The number of anilines is 1. The number of carbonyl (C=O) groups excluding carboxylic acids is 1. The fraction of sp³-hybridized carbons (Fsp3) is 0.417. The number of nitriles is 1. The third-order valence-corrected chi connectivity index (χ3v) is 8.17. The first-order valence-corrected chi connectivity index (χ1v) is 12.4. The Morgan fingerprint density at radius 2 is 1.84 bits per heavy atom. The van der Waals surface area contributed by atoms with E-state index in [4.69, 9.17) is 5.26 Å². The molecule has 4 rings (SSSR count). The molecular weight excluding hydrogens is 424 g/mol. The molecule has 0 aromatic heterocycles. The van der Waals surface area contributed by atoms with Gasteiger partial charge in [0.25, 0.3) is 0 Å². The Labute approximate surface area is 189 Å². The Bertz CT molecular complexity index is 1150. The first kappa shape index (κ1) is 22.5. The quantitative estimate of drug-likeness (QED) is 0.712. The second-order valence-electron chi connectivity index (χ2n) is 8.58. The molecule has 0 saturated carbocycles. The number of hydrogen-bond donors (Lipinski definition) is 0. The van der Waals surface area contributed by atoms with Crippen molar-refractivity contribution in [2.24, 2.45) is 0 Å². The van der Waals surface area contributed by atoms with Gasteiger partial charge in [-0.15, -0.1) is 0 Å². The SMILES string of the molecule is CC(=O)N1c2ccc(S(=O)(=O)N3CCCN(Cc4ccc(C#N)cc4)CC3)cc2CC1C. The van der Waals surface area contributed by atoms with Gasteiger partial charge < -0.3 is 4.90 Å². The van der Waals surface area contributed by atoms with Crippen LogP contribution in [0.25, 0.3) is 0 Å². The predicted octanol–water partition coefficient (Wildman–Crippen LogP) is 2.75. The Kier molecular flexibility index (Phi) is 6.33. The van der Waals surface area contributed by atoms with Gasteiger partial charge in [-0.2, -0.15) is 9.57 Å². The number of nitrogens with zero attached hydrogens (tertiary/aromatic N) is 4. The molecule has 1 atom stereocenters. The zero-order valence-corrected chi connectivity index (χ0v) is 19.3. The van der Waals surface area contributed by atoms with Crippen LogP contribution in [0.1, 0.15) is 37.0 Å². The first-order valence-electron chi connectivity index (χ1n) is 10.9. The summed E-state index contributed by atoms with van der Waals surface area (Å²) in [6.07, 6.45) is 1.42. The van der Waals surface area contributed by atoms with E-state index in [0.29, 0.717) is 36.5 Å². The van der Waals surface area contributed by atoms with Crippen molar-refractivity contribution in [3.05, 3.63) is 59.2 Å². The highest BCUT2D eigenvalue weighted by atomic mass is 32.2. The molecule has 2 aliphatic rings. The summed E-state index contributed by atoms with van der Waals surface area (Å²) in [6.45, 7) is 6.65. The molecular formula is C24H28N4O3S. The van der Waals surface area contributed by atoms with E-state index in [1.165, 1.54) is 6.92 Å². The molecule has 32 heavy (non-hydrogen) atoms. The van der Waals surface area contributed by atoms with E-state index >= 15 is 0 Å². The molecule has 1 fully saturated rings. The lowest BCUT2D eigenvalue weighted by Crippen LogP contribution is -2.35. The van der Waals surface area contributed by atoms with Crippen LogP contribution >= 0.6 is 0 Å². The van der Waals surface area contributed by atoms with Gasteiger partial charge in [0, 0.05) is 44.8 Å². The lowest BCUT2D eigenvalue weighted by molar-refractivity contribution is -0.116. The highest BCUT2D eigenvalue weighted by molar-refractivity contribution is 7.89. The minimum absolute atomic E-state index is 0.0262. The molecule has 1 amide bonds. The number of carbonyl (C=O) groups is 1. The smallest absolute Gasteiger partial charge is 0.243 e. The van der Waals surface area contributed by atoms with Crippen LogP contribution in [0.2, 0.25) is 0 Å². The summed E-state index contributed by atoms with van der Waals surface area (Å²) in [5.41, 5.74) is 3.47. The van der Waals surface area contributed by atoms with Crippen molar-refractivity contribution in [2.45, 2.75) is 44.2 Å². The monoisotopic (exact) mass is 452 g/mol. The molecule has 2 aromatic rings. The molecule has 0 aliphatic carbocycles. The molecule has 168 valence electrons. The van der Waals surface area contributed by atoms with Gasteiger partial charge in [0.2, 0.25) is 15.9 Å². The van der Waals surface area contributed by atoms with Gasteiger partial charge in [-0.05, 0) is 67.8 Å². The van der Waals surface area contributed by atoms with Crippen molar-refractivity contribution < 1.29 is 13.2 Å². The van der Waals surface area contributed by atoms with E-state index in [0.717, 1.165) is 36.3 Å².